The van der Waals surface area contributed by atoms with Crippen LogP contribution in [0.15, 0.2) is 18.2 Å². The second-order valence-electron chi connectivity index (χ2n) is 5.06. The maximum atomic E-state index is 11.8. The zero-order chi connectivity index (χ0) is 15.1. The molecule has 110 valence electrons. The molecular formula is C15H22N2O3. The standard InChI is InChI=1S/C15H22N2O3/c1-10(2)16-9-5-8-13(18)17-12-7-4-6-11(3)14(12)15(19)20/h4,6-7,10,16H,5,8-9H2,1-3H3,(H,17,18)(H,19,20). The molecule has 3 N–H and O–H groups in total. The lowest BCUT2D eigenvalue weighted by Crippen LogP contribution is -2.25. The molecule has 0 bridgehead atoms. The fourth-order valence-electron chi connectivity index (χ4n) is 1.91. The summed E-state index contributed by atoms with van der Waals surface area (Å²) in [6.07, 6.45) is 1.09. The quantitative estimate of drug-likeness (QED) is 0.669. The number of hydrogen-bond acceptors (Lipinski definition) is 3. The molecule has 0 aliphatic rings. The van der Waals surface area contributed by atoms with Crippen LogP contribution in [0.1, 0.15) is 42.6 Å². The Balaban J connectivity index is 2.58. The van der Waals surface area contributed by atoms with E-state index in [0.717, 1.165) is 13.0 Å². The van der Waals surface area contributed by atoms with E-state index in [-0.39, 0.29) is 11.5 Å². The highest BCUT2D eigenvalue weighted by Gasteiger charge is 2.14. The van der Waals surface area contributed by atoms with Crippen LogP contribution in [0, 0.1) is 6.92 Å². The Morgan fingerprint density at radius 3 is 2.60 bits per heavy atom. The van der Waals surface area contributed by atoms with Crippen molar-refractivity contribution >= 4 is 17.6 Å². The van der Waals surface area contributed by atoms with Gasteiger partial charge in [0, 0.05) is 12.5 Å². The number of carbonyl (C=O) groups excluding carboxylic acids is 1. The molecule has 0 aliphatic carbocycles. The normalized spacial score (nSPS) is 10.6. The van der Waals surface area contributed by atoms with Crippen molar-refractivity contribution in [3.63, 3.8) is 0 Å². The average molecular weight is 278 g/mol. The molecule has 0 spiro atoms. The van der Waals surface area contributed by atoms with Gasteiger partial charge in [-0.2, -0.15) is 0 Å². The molecule has 0 atom stereocenters. The molecule has 0 aromatic heterocycles. The van der Waals surface area contributed by atoms with E-state index >= 15 is 0 Å². The van der Waals surface area contributed by atoms with E-state index in [2.05, 4.69) is 10.6 Å². The minimum Gasteiger partial charge on any atom is -0.478 e. The van der Waals surface area contributed by atoms with Gasteiger partial charge in [0.05, 0.1) is 11.3 Å². The Hall–Kier alpha value is -1.88. The Bertz CT molecular complexity index is 484. The molecule has 5 heteroatoms. The second-order valence-corrected chi connectivity index (χ2v) is 5.06. The first-order valence-electron chi connectivity index (χ1n) is 6.78. The third-order valence-electron chi connectivity index (χ3n) is 2.89. The van der Waals surface area contributed by atoms with Crippen LogP contribution < -0.4 is 10.6 Å². The fraction of sp³-hybridized carbons (Fsp3) is 0.467. The minimum absolute atomic E-state index is 0.154. The predicted octanol–water partition coefficient (Wildman–Crippen LogP) is 2.41. The average Bonchev–Trinajstić information content (AvgIpc) is 2.34. The lowest BCUT2D eigenvalue weighted by molar-refractivity contribution is -0.116. The molecule has 0 radical (unpaired) electrons. The number of amides is 1. The number of anilines is 1. The maximum absolute atomic E-state index is 11.8. The predicted molar refractivity (Wildman–Crippen MR) is 79.1 cm³/mol. The Morgan fingerprint density at radius 2 is 2.00 bits per heavy atom. The van der Waals surface area contributed by atoms with Crippen molar-refractivity contribution in [2.75, 3.05) is 11.9 Å². The van der Waals surface area contributed by atoms with Gasteiger partial charge in [0.25, 0.3) is 0 Å². The lowest BCUT2D eigenvalue weighted by atomic mass is 10.1. The highest BCUT2D eigenvalue weighted by Crippen LogP contribution is 2.19. The number of rotatable bonds is 7. The molecule has 0 unspecified atom stereocenters. The highest BCUT2D eigenvalue weighted by molar-refractivity contribution is 6.01. The summed E-state index contributed by atoms with van der Waals surface area (Å²) < 4.78 is 0. The second kappa shape index (κ2) is 7.65. The summed E-state index contributed by atoms with van der Waals surface area (Å²) in [5.41, 5.74) is 1.15. The van der Waals surface area contributed by atoms with Crippen LogP contribution >= 0.6 is 0 Å². The van der Waals surface area contributed by atoms with E-state index in [9.17, 15) is 14.7 Å². The van der Waals surface area contributed by atoms with Crippen molar-refractivity contribution in [2.24, 2.45) is 0 Å². The molecule has 0 fully saturated rings. The SMILES string of the molecule is Cc1cccc(NC(=O)CCCNC(C)C)c1C(=O)O. The first kappa shape index (κ1) is 16.2. The van der Waals surface area contributed by atoms with Crippen molar-refractivity contribution < 1.29 is 14.7 Å². The van der Waals surface area contributed by atoms with Gasteiger partial charge in [0.2, 0.25) is 5.91 Å². The van der Waals surface area contributed by atoms with E-state index < -0.39 is 5.97 Å². The fourth-order valence-corrected chi connectivity index (χ4v) is 1.91. The number of carbonyl (C=O) groups is 2. The van der Waals surface area contributed by atoms with Crippen LogP contribution in [-0.2, 0) is 4.79 Å². The summed E-state index contributed by atoms with van der Waals surface area (Å²) in [5.74, 6) is -1.19. The number of nitrogens with one attached hydrogen (secondary N) is 2. The Labute approximate surface area is 119 Å². The summed E-state index contributed by atoms with van der Waals surface area (Å²) in [7, 11) is 0. The monoisotopic (exact) mass is 278 g/mol. The number of benzene rings is 1. The number of carboxylic acids is 1. The zero-order valence-corrected chi connectivity index (χ0v) is 12.2. The van der Waals surface area contributed by atoms with Crippen LogP contribution in [0.2, 0.25) is 0 Å². The topological polar surface area (TPSA) is 78.4 Å². The molecule has 0 saturated carbocycles. The van der Waals surface area contributed by atoms with Crippen molar-refractivity contribution in [1.29, 1.82) is 0 Å². The molecule has 0 aliphatic heterocycles. The van der Waals surface area contributed by atoms with Gasteiger partial charge < -0.3 is 15.7 Å². The molecule has 1 aromatic carbocycles. The Kier molecular flexibility index (Phi) is 6.18. The first-order chi connectivity index (χ1) is 9.41. The maximum Gasteiger partial charge on any atom is 0.338 e. The van der Waals surface area contributed by atoms with Crippen molar-refractivity contribution in [3.05, 3.63) is 29.3 Å². The van der Waals surface area contributed by atoms with E-state index in [1.807, 2.05) is 13.8 Å². The third-order valence-corrected chi connectivity index (χ3v) is 2.89. The summed E-state index contributed by atoms with van der Waals surface area (Å²) in [6.45, 7) is 6.58. The summed E-state index contributed by atoms with van der Waals surface area (Å²) in [5, 5.41) is 15.1. The molecular weight excluding hydrogens is 256 g/mol. The summed E-state index contributed by atoms with van der Waals surface area (Å²) in [6, 6.07) is 5.46. The molecule has 1 rings (SSSR count). The van der Waals surface area contributed by atoms with Crippen molar-refractivity contribution in [3.8, 4) is 0 Å². The largest absolute Gasteiger partial charge is 0.478 e. The molecule has 0 saturated heterocycles. The molecule has 0 heterocycles. The van der Waals surface area contributed by atoms with Gasteiger partial charge in [-0.3, -0.25) is 4.79 Å². The number of hydrogen-bond donors (Lipinski definition) is 3. The molecule has 20 heavy (non-hydrogen) atoms. The van der Waals surface area contributed by atoms with Crippen LogP contribution in [0.3, 0.4) is 0 Å². The van der Waals surface area contributed by atoms with E-state index in [4.69, 9.17) is 0 Å². The van der Waals surface area contributed by atoms with E-state index in [0.29, 0.717) is 23.7 Å². The third kappa shape index (κ3) is 5.01. The Morgan fingerprint density at radius 1 is 1.30 bits per heavy atom. The minimum atomic E-state index is -1.03. The van der Waals surface area contributed by atoms with Gasteiger partial charge >= 0.3 is 5.97 Å². The van der Waals surface area contributed by atoms with Gasteiger partial charge in [0.1, 0.15) is 0 Å². The van der Waals surface area contributed by atoms with E-state index in [1.54, 1.807) is 25.1 Å². The van der Waals surface area contributed by atoms with Gasteiger partial charge in [-0.1, -0.05) is 26.0 Å². The van der Waals surface area contributed by atoms with Crippen LogP contribution in [0.4, 0.5) is 5.69 Å². The van der Waals surface area contributed by atoms with Crippen LogP contribution in [0.5, 0.6) is 0 Å². The number of aromatic carboxylic acids is 1. The number of carboxylic acid groups (broad SMARTS) is 1. The molecule has 1 aromatic rings. The zero-order valence-electron chi connectivity index (χ0n) is 12.2. The highest BCUT2D eigenvalue weighted by atomic mass is 16.4. The van der Waals surface area contributed by atoms with Crippen LogP contribution in [-0.4, -0.2) is 29.6 Å². The molecule has 1 amide bonds. The summed E-state index contributed by atoms with van der Waals surface area (Å²) in [4.78, 5) is 23.0. The van der Waals surface area contributed by atoms with E-state index in [1.165, 1.54) is 0 Å². The number of aryl methyl sites for hydroxylation is 1. The van der Waals surface area contributed by atoms with Gasteiger partial charge in [0.15, 0.2) is 0 Å². The lowest BCUT2D eigenvalue weighted by Gasteiger charge is -2.11. The smallest absolute Gasteiger partial charge is 0.338 e. The van der Waals surface area contributed by atoms with Gasteiger partial charge in [-0.25, -0.2) is 4.79 Å². The van der Waals surface area contributed by atoms with Gasteiger partial charge in [-0.15, -0.1) is 0 Å². The first-order valence-corrected chi connectivity index (χ1v) is 6.78. The summed E-state index contributed by atoms with van der Waals surface area (Å²) >= 11 is 0. The molecule has 5 nitrogen and oxygen atoms in total. The van der Waals surface area contributed by atoms with Crippen molar-refractivity contribution in [1.82, 2.24) is 5.32 Å². The van der Waals surface area contributed by atoms with Crippen molar-refractivity contribution in [2.45, 2.75) is 39.7 Å². The van der Waals surface area contributed by atoms with Gasteiger partial charge in [-0.05, 0) is 31.5 Å². The van der Waals surface area contributed by atoms with Crippen LogP contribution in [0.25, 0.3) is 0 Å².